The van der Waals surface area contributed by atoms with Crippen molar-refractivity contribution in [3.05, 3.63) is 58.8 Å². The molecular formula is C22H17F6NO3. The summed E-state index contributed by atoms with van der Waals surface area (Å²) in [5.41, 5.74) is -2.35. The molecule has 4 nitrogen and oxygen atoms in total. The molecule has 2 aromatic carbocycles. The number of fused-ring (bicyclic) bond motifs is 1. The van der Waals surface area contributed by atoms with Gasteiger partial charge in [0, 0.05) is 17.1 Å². The molecule has 0 bridgehead atoms. The second kappa shape index (κ2) is 7.75. The normalized spacial score (nSPS) is 15.1. The second-order valence-electron chi connectivity index (χ2n) is 7.77. The number of ether oxygens (including phenoxy) is 1. The predicted octanol–water partition coefficient (Wildman–Crippen LogP) is 6.89. The summed E-state index contributed by atoms with van der Waals surface area (Å²) in [6, 6.07) is 5.01. The third kappa shape index (κ3) is 4.26. The molecule has 32 heavy (non-hydrogen) atoms. The molecule has 0 amide bonds. The Hall–Kier alpha value is -3.17. The smallest absolute Gasteiger partial charge is 0.420 e. The molecule has 0 aliphatic heterocycles. The van der Waals surface area contributed by atoms with Crippen LogP contribution in [0.3, 0.4) is 0 Å². The minimum Gasteiger partial charge on any atom is -0.481 e. The number of hydrogen-bond donors (Lipinski definition) is 2. The molecule has 1 saturated carbocycles. The zero-order valence-corrected chi connectivity index (χ0v) is 16.4. The van der Waals surface area contributed by atoms with E-state index in [9.17, 15) is 31.1 Å². The quantitative estimate of drug-likeness (QED) is 0.410. The largest absolute Gasteiger partial charge is 0.481 e. The Bertz CT molecular complexity index is 1140. The number of alkyl halides is 6. The summed E-state index contributed by atoms with van der Waals surface area (Å²) in [5, 5.41) is 9.52. The van der Waals surface area contributed by atoms with Crippen LogP contribution in [0.15, 0.2) is 36.5 Å². The average molecular weight is 457 g/mol. The van der Waals surface area contributed by atoms with Gasteiger partial charge in [-0.2, -0.15) is 26.3 Å². The van der Waals surface area contributed by atoms with Crippen LogP contribution in [0.1, 0.15) is 47.4 Å². The number of carboxylic acid groups (broad SMARTS) is 1. The third-order valence-corrected chi connectivity index (χ3v) is 5.56. The molecule has 1 aliphatic carbocycles. The molecule has 2 N–H and O–H groups in total. The number of aromatic nitrogens is 1. The van der Waals surface area contributed by atoms with Crippen molar-refractivity contribution in [2.45, 2.75) is 44.0 Å². The maximum atomic E-state index is 13.7. The fraction of sp³-hybridized carbons (Fsp3) is 0.318. The summed E-state index contributed by atoms with van der Waals surface area (Å²) in [7, 11) is 0. The van der Waals surface area contributed by atoms with E-state index in [4.69, 9.17) is 9.84 Å². The number of H-pyrrole nitrogens is 1. The lowest BCUT2D eigenvalue weighted by Gasteiger charge is -2.25. The van der Waals surface area contributed by atoms with Crippen molar-refractivity contribution in [1.29, 1.82) is 0 Å². The molecular weight excluding hydrogens is 440 g/mol. The van der Waals surface area contributed by atoms with E-state index in [1.165, 1.54) is 18.2 Å². The van der Waals surface area contributed by atoms with Crippen LogP contribution in [0.25, 0.3) is 10.9 Å². The standard InChI is InChI=1S/C22H17F6NO3/c23-21(24,25)16-6-11(8-19(30)31)7-17(22(26,27)28)20(16)32-13-4-5-18-14(9-13)15(10-29-18)12-2-1-3-12/h4-7,9-10,12,29H,1-3,8H2,(H,30,31). The van der Waals surface area contributed by atoms with Crippen LogP contribution in [0, 0.1) is 0 Å². The van der Waals surface area contributed by atoms with Crippen molar-refractivity contribution in [3.63, 3.8) is 0 Å². The van der Waals surface area contributed by atoms with E-state index in [1.807, 2.05) is 0 Å². The molecule has 0 radical (unpaired) electrons. The highest BCUT2D eigenvalue weighted by Crippen LogP contribution is 2.47. The highest BCUT2D eigenvalue weighted by molar-refractivity contribution is 5.85. The van der Waals surface area contributed by atoms with Crippen molar-refractivity contribution in [2.75, 3.05) is 0 Å². The van der Waals surface area contributed by atoms with Crippen LogP contribution in [0.2, 0.25) is 0 Å². The molecule has 10 heteroatoms. The number of carboxylic acids is 1. The number of carbonyl (C=O) groups is 1. The number of halogens is 6. The van der Waals surface area contributed by atoms with Crippen LogP contribution >= 0.6 is 0 Å². The van der Waals surface area contributed by atoms with Crippen molar-refractivity contribution in [3.8, 4) is 11.5 Å². The number of rotatable bonds is 5. The molecule has 0 saturated heterocycles. The number of hydrogen-bond acceptors (Lipinski definition) is 2. The maximum absolute atomic E-state index is 13.7. The van der Waals surface area contributed by atoms with E-state index in [0.717, 1.165) is 24.8 Å². The Kier molecular flexibility index (Phi) is 5.34. The lowest BCUT2D eigenvalue weighted by molar-refractivity contribution is -0.145. The topological polar surface area (TPSA) is 62.3 Å². The highest BCUT2D eigenvalue weighted by atomic mass is 19.4. The van der Waals surface area contributed by atoms with Gasteiger partial charge in [-0.15, -0.1) is 0 Å². The fourth-order valence-corrected chi connectivity index (χ4v) is 3.86. The molecule has 3 aromatic rings. The molecule has 170 valence electrons. The van der Waals surface area contributed by atoms with E-state index in [1.54, 1.807) is 6.20 Å². The lowest BCUT2D eigenvalue weighted by atomic mass is 9.80. The van der Waals surface area contributed by atoms with Crippen LogP contribution < -0.4 is 4.74 Å². The molecule has 4 rings (SSSR count). The maximum Gasteiger partial charge on any atom is 0.420 e. The van der Waals surface area contributed by atoms with Crippen molar-refractivity contribution < 1.29 is 41.0 Å². The third-order valence-electron chi connectivity index (χ3n) is 5.56. The van der Waals surface area contributed by atoms with Crippen molar-refractivity contribution in [2.24, 2.45) is 0 Å². The van der Waals surface area contributed by atoms with Gasteiger partial charge in [0.1, 0.15) is 5.75 Å². The fourth-order valence-electron chi connectivity index (χ4n) is 3.86. The van der Waals surface area contributed by atoms with E-state index >= 15 is 0 Å². The Labute approximate surface area is 177 Å². The van der Waals surface area contributed by atoms with Gasteiger partial charge in [-0.1, -0.05) is 6.42 Å². The highest BCUT2D eigenvalue weighted by Gasteiger charge is 2.43. The van der Waals surface area contributed by atoms with Crippen molar-refractivity contribution in [1.82, 2.24) is 4.98 Å². The zero-order chi connectivity index (χ0) is 23.3. The Balaban J connectivity index is 1.84. The first-order chi connectivity index (χ1) is 14.9. The number of aliphatic carboxylic acids is 1. The molecule has 0 unspecified atom stereocenters. The van der Waals surface area contributed by atoms with E-state index in [2.05, 4.69) is 4.98 Å². The molecule has 0 atom stereocenters. The van der Waals surface area contributed by atoms with Gasteiger partial charge in [0.2, 0.25) is 0 Å². The molecule has 1 fully saturated rings. The van der Waals surface area contributed by atoms with Gasteiger partial charge >= 0.3 is 18.3 Å². The summed E-state index contributed by atoms with van der Waals surface area (Å²) in [6.45, 7) is 0. The lowest BCUT2D eigenvalue weighted by Crippen LogP contribution is -2.16. The first kappa shape index (κ1) is 22.0. The molecule has 0 spiro atoms. The number of nitrogens with one attached hydrogen (secondary N) is 1. The Morgan fingerprint density at radius 2 is 1.66 bits per heavy atom. The van der Waals surface area contributed by atoms with Crippen LogP contribution in [-0.4, -0.2) is 16.1 Å². The number of aromatic amines is 1. The van der Waals surface area contributed by atoms with Gasteiger partial charge in [-0.25, -0.2) is 0 Å². The monoisotopic (exact) mass is 457 g/mol. The van der Waals surface area contributed by atoms with E-state index in [0.29, 0.717) is 23.0 Å². The first-order valence-corrected chi connectivity index (χ1v) is 9.75. The SMILES string of the molecule is O=C(O)Cc1cc(C(F)(F)F)c(Oc2ccc3[nH]cc(C4CCC4)c3c2)c(C(F)(F)F)c1. The van der Waals surface area contributed by atoms with Crippen LogP contribution in [-0.2, 0) is 23.6 Å². The Morgan fingerprint density at radius 1 is 1.03 bits per heavy atom. The van der Waals surface area contributed by atoms with Gasteiger partial charge in [0.15, 0.2) is 5.75 Å². The van der Waals surface area contributed by atoms with Gasteiger partial charge < -0.3 is 14.8 Å². The Morgan fingerprint density at radius 3 is 2.16 bits per heavy atom. The molecule has 1 heterocycles. The number of benzene rings is 2. The summed E-state index contributed by atoms with van der Waals surface area (Å²) >= 11 is 0. The summed E-state index contributed by atoms with van der Waals surface area (Å²) < 4.78 is 87.2. The van der Waals surface area contributed by atoms with Gasteiger partial charge in [0.25, 0.3) is 0 Å². The predicted molar refractivity (Wildman–Crippen MR) is 103 cm³/mol. The van der Waals surface area contributed by atoms with Crippen LogP contribution in [0.4, 0.5) is 26.3 Å². The van der Waals surface area contributed by atoms with E-state index < -0.39 is 47.2 Å². The molecule has 1 aliphatic rings. The average Bonchev–Trinajstić information content (AvgIpc) is 3.02. The minimum atomic E-state index is -5.20. The van der Waals surface area contributed by atoms with Gasteiger partial charge in [-0.3, -0.25) is 4.79 Å². The van der Waals surface area contributed by atoms with Crippen molar-refractivity contribution >= 4 is 16.9 Å². The summed E-state index contributed by atoms with van der Waals surface area (Å²) in [6.07, 6.45) is -6.62. The molecule has 1 aromatic heterocycles. The van der Waals surface area contributed by atoms with Gasteiger partial charge in [-0.05, 0) is 60.2 Å². The summed E-state index contributed by atoms with van der Waals surface area (Å²) in [4.78, 5) is 13.9. The van der Waals surface area contributed by atoms with E-state index in [-0.39, 0.29) is 11.7 Å². The van der Waals surface area contributed by atoms with Crippen LogP contribution in [0.5, 0.6) is 11.5 Å². The summed E-state index contributed by atoms with van der Waals surface area (Å²) in [5.74, 6) is -2.86. The minimum absolute atomic E-state index is 0.181. The second-order valence-corrected chi connectivity index (χ2v) is 7.77. The first-order valence-electron chi connectivity index (χ1n) is 9.75. The zero-order valence-electron chi connectivity index (χ0n) is 16.4. The van der Waals surface area contributed by atoms with Gasteiger partial charge in [0.05, 0.1) is 17.5 Å².